The highest BCUT2D eigenvalue weighted by atomic mass is 79.9. The fourth-order valence-electron chi connectivity index (χ4n) is 2.02. The molecule has 0 aliphatic rings. The zero-order valence-electron chi connectivity index (χ0n) is 10.3. The molecule has 0 unspecified atom stereocenters. The number of nitrogens with zero attached hydrogens (tertiary/aromatic N) is 2. The Hall–Kier alpha value is -2.14. The zero-order valence-corrected chi connectivity index (χ0v) is 11.9. The van der Waals surface area contributed by atoms with Crippen LogP contribution in [0.25, 0.3) is 16.9 Å². The Bertz CT molecular complexity index is 753. The summed E-state index contributed by atoms with van der Waals surface area (Å²) in [5.41, 5.74) is 2.13. The molecule has 0 aliphatic heterocycles. The molecule has 0 amide bonds. The van der Waals surface area contributed by atoms with Gasteiger partial charge in [-0.05, 0) is 48.5 Å². The predicted molar refractivity (Wildman–Crippen MR) is 78.3 cm³/mol. The van der Waals surface area contributed by atoms with E-state index in [2.05, 4.69) is 21.0 Å². The molecule has 0 aliphatic carbocycles. The van der Waals surface area contributed by atoms with Gasteiger partial charge in [0.25, 0.3) is 0 Å². The Morgan fingerprint density at radius 3 is 2.50 bits per heavy atom. The van der Waals surface area contributed by atoms with Gasteiger partial charge in [-0.2, -0.15) is 5.10 Å². The molecule has 0 saturated carbocycles. The summed E-state index contributed by atoms with van der Waals surface area (Å²) in [5, 5.41) is 14.3. The van der Waals surface area contributed by atoms with E-state index in [0.717, 1.165) is 15.9 Å². The number of phenols is 1. The van der Waals surface area contributed by atoms with Crippen molar-refractivity contribution in [1.29, 1.82) is 0 Å². The number of phenolic OH excluding ortho intramolecular Hbond substituents is 1. The predicted octanol–water partition coefficient (Wildman–Crippen LogP) is 4.15. The fraction of sp³-hybridized carbons (Fsp3) is 0. The van der Waals surface area contributed by atoms with Gasteiger partial charge < -0.3 is 5.11 Å². The van der Waals surface area contributed by atoms with E-state index >= 15 is 0 Å². The summed E-state index contributed by atoms with van der Waals surface area (Å²) in [6.07, 6.45) is 1.64. The Kier molecular flexibility index (Phi) is 3.28. The van der Waals surface area contributed by atoms with Crippen molar-refractivity contribution < 1.29 is 9.50 Å². The molecule has 2 aromatic carbocycles. The van der Waals surface area contributed by atoms with Crippen molar-refractivity contribution in [2.45, 2.75) is 0 Å². The van der Waals surface area contributed by atoms with E-state index in [1.807, 2.05) is 6.07 Å². The molecule has 1 aromatic heterocycles. The maximum Gasteiger partial charge on any atom is 0.126 e. The second kappa shape index (κ2) is 5.09. The van der Waals surface area contributed by atoms with Crippen LogP contribution < -0.4 is 0 Å². The summed E-state index contributed by atoms with van der Waals surface area (Å²) in [7, 11) is 0. The van der Waals surface area contributed by atoms with Crippen LogP contribution in [-0.4, -0.2) is 14.9 Å². The molecule has 20 heavy (non-hydrogen) atoms. The van der Waals surface area contributed by atoms with Crippen LogP contribution in [0.3, 0.4) is 0 Å². The smallest absolute Gasteiger partial charge is 0.126 e. The number of hydrogen-bond donors (Lipinski definition) is 1. The maximum atomic E-state index is 13.0. The third-order valence-corrected chi connectivity index (χ3v) is 3.44. The highest BCUT2D eigenvalue weighted by Gasteiger charge is 2.11. The van der Waals surface area contributed by atoms with Crippen LogP contribution >= 0.6 is 15.9 Å². The lowest BCUT2D eigenvalue weighted by Crippen LogP contribution is -1.99. The van der Waals surface area contributed by atoms with Gasteiger partial charge in [0.1, 0.15) is 11.6 Å². The summed E-state index contributed by atoms with van der Waals surface area (Å²) in [5.74, 6) is -0.141. The molecular formula is C15H10BrFN2O. The van der Waals surface area contributed by atoms with E-state index < -0.39 is 0 Å². The SMILES string of the molecule is Oc1cc(Br)ccc1-c1ccnn1-c1ccc(F)cc1. The Morgan fingerprint density at radius 1 is 1.05 bits per heavy atom. The zero-order chi connectivity index (χ0) is 14.1. The minimum Gasteiger partial charge on any atom is -0.507 e. The first-order valence-electron chi connectivity index (χ1n) is 5.94. The van der Waals surface area contributed by atoms with Crippen LogP contribution in [0.5, 0.6) is 5.75 Å². The average molecular weight is 333 g/mol. The number of rotatable bonds is 2. The summed E-state index contributed by atoms with van der Waals surface area (Å²) >= 11 is 3.31. The quantitative estimate of drug-likeness (QED) is 0.765. The Morgan fingerprint density at radius 2 is 1.80 bits per heavy atom. The van der Waals surface area contributed by atoms with Crippen molar-refractivity contribution in [1.82, 2.24) is 9.78 Å². The number of aromatic hydroxyl groups is 1. The van der Waals surface area contributed by atoms with Crippen LogP contribution in [0.2, 0.25) is 0 Å². The summed E-state index contributed by atoms with van der Waals surface area (Å²) in [6, 6.07) is 13.1. The van der Waals surface area contributed by atoms with Crippen molar-refractivity contribution >= 4 is 15.9 Å². The molecular weight excluding hydrogens is 323 g/mol. The molecule has 1 N–H and O–H groups in total. The summed E-state index contributed by atoms with van der Waals surface area (Å²) in [6.45, 7) is 0. The normalized spacial score (nSPS) is 10.7. The third-order valence-electron chi connectivity index (χ3n) is 2.95. The second-order valence-corrected chi connectivity index (χ2v) is 5.18. The monoisotopic (exact) mass is 332 g/mol. The molecule has 0 spiro atoms. The molecule has 3 nitrogen and oxygen atoms in total. The largest absolute Gasteiger partial charge is 0.507 e. The van der Waals surface area contributed by atoms with Gasteiger partial charge in [-0.15, -0.1) is 0 Å². The van der Waals surface area contributed by atoms with Crippen molar-refractivity contribution in [3.8, 4) is 22.7 Å². The lowest BCUT2D eigenvalue weighted by molar-refractivity contribution is 0.476. The molecule has 5 heteroatoms. The van der Waals surface area contributed by atoms with Crippen LogP contribution in [0.4, 0.5) is 4.39 Å². The minimum absolute atomic E-state index is 0.156. The molecule has 3 rings (SSSR count). The molecule has 100 valence electrons. The maximum absolute atomic E-state index is 13.0. The van der Waals surface area contributed by atoms with E-state index in [4.69, 9.17) is 0 Å². The van der Waals surface area contributed by atoms with Crippen molar-refractivity contribution in [3.63, 3.8) is 0 Å². The van der Waals surface area contributed by atoms with Gasteiger partial charge in [0.15, 0.2) is 0 Å². The second-order valence-electron chi connectivity index (χ2n) is 4.27. The lowest BCUT2D eigenvalue weighted by atomic mass is 10.1. The molecule has 0 fully saturated rings. The van der Waals surface area contributed by atoms with Crippen LogP contribution in [0.1, 0.15) is 0 Å². The van der Waals surface area contributed by atoms with Gasteiger partial charge >= 0.3 is 0 Å². The van der Waals surface area contributed by atoms with E-state index in [9.17, 15) is 9.50 Å². The first-order chi connectivity index (χ1) is 9.65. The van der Waals surface area contributed by atoms with Gasteiger partial charge in [0, 0.05) is 10.0 Å². The van der Waals surface area contributed by atoms with Crippen molar-refractivity contribution in [3.05, 3.63) is 65.0 Å². The van der Waals surface area contributed by atoms with Crippen LogP contribution in [0.15, 0.2) is 59.2 Å². The van der Waals surface area contributed by atoms with Crippen LogP contribution in [-0.2, 0) is 0 Å². The number of benzene rings is 2. The van der Waals surface area contributed by atoms with Gasteiger partial charge in [-0.25, -0.2) is 9.07 Å². The molecule has 1 heterocycles. The first-order valence-corrected chi connectivity index (χ1v) is 6.73. The highest BCUT2D eigenvalue weighted by molar-refractivity contribution is 9.10. The summed E-state index contributed by atoms with van der Waals surface area (Å²) in [4.78, 5) is 0. The molecule has 0 saturated heterocycles. The van der Waals surface area contributed by atoms with E-state index in [0.29, 0.717) is 5.56 Å². The molecule has 0 bridgehead atoms. The van der Waals surface area contributed by atoms with Gasteiger partial charge in [-0.1, -0.05) is 15.9 Å². The molecule has 0 atom stereocenters. The van der Waals surface area contributed by atoms with Gasteiger partial charge in [-0.3, -0.25) is 0 Å². The highest BCUT2D eigenvalue weighted by Crippen LogP contribution is 2.32. The minimum atomic E-state index is -0.297. The lowest BCUT2D eigenvalue weighted by Gasteiger charge is -2.09. The standard InChI is InChI=1S/C15H10BrFN2O/c16-10-1-6-13(15(20)9-10)14-7-8-18-19(14)12-4-2-11(17)3-5-12/h1-9,20H. The first kappa shape index (κ1) is 12.9. The topological polar surface area (TPSA) is 38.1 Å². The third kappa shape index (κ3) is 2.32. The Balaban J connectivity index is 2.12. The molecule has 0 radical (unpaired) electrons. The fourth-order valence-corrected chi connectivity index (χ4v) is 2.37. The average Bonchev–Trinajstić information content (AvgIpc) is 2.88. The Labute approximate surface area is 123 Å². The molecule has 3 aromatic rings. The van der Waals surface area contributed by atoms with Gasteiger partial charge in [0.05, 0.1) is 17.6 Å². The van der Waals surface area contributed by atoms with E-state index in [-0.39, 0.29) is 11.6 Å². The van der Waals surface area contributed by atoms with E-state index in [1.54, 1.807) is 41.2 Å². The summed E-state index contributed by atoms with van der Waals surface area (Å²) < 4.78 is 15.4. The van der Waals surface area contributed by atoms with Crippen molar-refractivity contribution in [2.24, 2.45) is 0 Å². The van der Waals surface area contributed by atoms with E-state index in [1.165, 1.54) is 12.1 Å². The van der Waals surface area contributed by atoms with Crippen molar-refractivity contribution in [2.75, 3.05) is 0 Å². The number of aromatic nitrogens is 2. The van der Waals surface area contributed by atoms with Crippen LogP contribution in [0, 0.1) is 5.82 Å². The number of halogens is 2. The van der Waals surface area contributed by atoms with Gasteiger partial charge in [0.2, 0.25) is 0 Å². The number of hydrogen-bond acceptors (Lipinski definition) is 2.